The molecule has 3 nitrogen and oxygen atoms in total. The van der Waals surface area contributed by atoms with Gasteiger partial charge in [-0.3, -0.25) is 5.09 Å². The Hall–Kier alpha value is -0.920. The highest BCUT2D eigenvalue weighted by molar-refractivity contribution is 7.49. The number of benzene rings is 1. The van der Waals surface area contributed by atoms with Gasteiger partial charge in [-0.15, -0.1) is 0 Å². The van der Waals surface area contributed by atoms with Crippen LogP contribution in [0.5, 0.6) is 5.75 Å². The largest absolute Gasteiger partial charge is 0.459 e. The van der Waals surface area contributed by atoms with Crippen LogP contribution >= 0.6 is 8.30 Å². The van der Waals surface area contributed by atoms with Crippen LogP contribution in [0.2, 0.25) is 0 Å². The van der Waals surface area contributed by atoms with Crippen LogP contribution in [0.15, 0.2) is 30.3 Å². The first kappa shape index (κ1) is 10.2. The fraction of sp³-hybridized carbons (Fsp3) is 0.222. The predicted octanol–water partition coefficient (Wildman–Crippen LogP) is 1.80. The third kappa shape index (κ3) is 4.02. The monoisotopic (exact) mass is 197 g/mol. The summed E-state index contributed by atoms with van der Waals surface area (Å²) in [5.74, 6) is 0.828. The molecule has 1 aromatic carbocycles. The van der Waals surface area contributed by atoms with Crippen molar-refractivity contribution in [1.29, 1.82) is 0 Å². The van der Waals surface area contributed by atoms with E-state index in [0.717, 1.165) is 12.0 Å². The van der Waals surface area contributed by atoms with Gasteiger partial charge in [0.15, 0.2) is 8.30 Å². The standard InChI is InChI=1S/C9H12NO2P/c1-13(10-7-8-11)12-9-5-3-2-4-6-9/h2-6,8,10H,7H2,1H3. The second kappa shape index (κ2) is 5.68. The molecule has 4 heteroatoms. The molecule has 0 radical (unpaired) electrons. The molecule has 1 aromatic rings. The fourth-order valence-electron chi connectivity index (χ4n) is 0.838. The van der Waals surface area contributed by atoms with Gasteiger partial charge in [-0.05, 0) is 12.1 Å². The number of aldehydes is 1. The molecule has 0 heterocycles. The normalized spacial score (nSPS) is 12.1. The predicted molar refractivity (Wildman–Crippen MR) is 54.0 cm³/mol. The molecule has 0 spiro atoms. The molecule has 70 valence electrons. The number of carbonyl (C=O) groups excluding carboxylic acids is 1. The van der Waals surface area contributed by atoms with Gasteiger partial charge in [0.25, 0.3) is 0 Å². The Morgan fingerprint density at radius 2 is 2.15 bits per heavy atom. The Morgan fingerprint density at radius 3 is 2.77 bits per heavy atom. The first-order valence-corrected chi connectivity index (χ1v) is 5.67. The van der Waals surface area contributed by atoms with Gasteiger partial charge in [0.05, 0.1) is 6.54 Å². The van der Waals surface area contributed by atoms with Gasteiger partial charge < -0.3 is 9.32 Å². The van der Waals surface area contributed by atoms with Crippen LogP contribution in [0.4, 0.5) is 0 Å². The number of carbonyl (C=O) groups is 1. The minimum atomic E-state index is -0.744. The Bertz CT molecular complexity index is 253. The maximum absolute atomic E-state index is 10.1. The van der Waals surface area contributed by atoms with Crippen molar-refractivity contribution in [1.82, 2.24) is 5.09 Å². The molecule has 0 bridgehead atoms. The molecule has 1 N–H and O–H groups in total. The zero-order chi connectivity index (χ0) is 9.52. The van der Waals surface area contributed by atoms with Gasteiger partial charge in [-0.1, -0.05) is 18.2 Å². The van der Waals surface area contributed by atoms with Gasteiger partial charge in [-0.25, -0.2) is 0 Å². The van der Waals surface area contributed by atoms with Gasteiger partial charge in [0.1, 0.15) is 12.0 Å². The third-order valence-electron chi connectivity index (χ3n) is 1.38. The molecule has 0 aliphatic heterocycles. The Labute approximate surface area is 79.0 Å². The zero-order valence-electron chi connectivity index (χ0n) is 7.43. The Morgan fingerprint density at radius 1 is 1.46 bits per heavy atom. The van der Waals surface area contributed by atoms with Gasteiger partial charge in [0, 0.05) is 6.66 Å². The summed E-state index contributed by atoms with van der Waals surface area (Å²) in [5, 5.41) is 2.96. The summed E-state index contributed by atoms with van der Waals surface area (Å²) < 4.78 is 5.51. The van der Waals surface area contributed by atoms with Crippen LogP contribution in [-0.4, -0.2) is 19.5 Å². The molecule has 1 atom stereocenters. The number of para-hydroxylation sites is 1. The van der Waals surface area contributed by atoms with Crippen molar-refractivity contribution in [3.05, 3.63) is 30.3 Å². The molecule has 1 unspecified atom stereocenters. The van der Waals surface area contributed by atoms with Gasteiger partial charge in [0.2, 0.25) is 0 Å². The maximum Gasteiger partial charge on any atom is 0.158 e. The molecule has 0 saturated heterocycles. The lowest BCUT2D eigenvalue weighted by atomic mass is 10.3. The van der Waals surface area contributed by atoms with Crippen molar-refractivity contribution in [2.24, 2.45) is 0 Å². The van der Waals surface area contributed by atoms with Crippen molar-refractivity contribution < 1.29 is 9.32 Å². The number of nitrogens with one attached hydrogen (secondary N) is 1. The summed E-state index contributed by atoms with van der Waals surface area (Å²) in [6, 6.07) is 9.54. The van der Waals surface area contributed by atoms with Crippen LogP contribution in [0.1, 0.15) is 0 Å². The molecular weight excluding hydrogens is 185 g/mol. The second-order valence-electron chi connectivity index (χ2n) is 2.43. The van der Waals surface area contributed by atoms with E-state index in [2.05, 4.69) is 5.09 Å². The van der Waals surface area contributed by atoms with E-state index in [0.29, 0.717) is 6.54 Å². The lowest BCUT2D eigenvalue weighted by Gasteiger charge is -2.12. The first-order valence-electron chi connectivity index (χ1n) is 3.97. The molecule has 0 fully saturated rings. The van der Waals surface area contributed by atoms with Crippen LogP contribution < -0.4 is 9.61 Å². The van der Waals surface area contributed by atoms with E-state index in [-0.39, 0.29) is 0 Å². The summed E-state index contributed by atoms with van der Waals surface area (Å²) in [7, 11) is -0.744. The van der Waals surface area contributed by atoms with E-state index in [1.54, 1.807) is 0 Å². The van der Waals surface area contributed by atoms with E-state index in [1.807, 2.05) is 37.0 Å². The zero-order valence-corrected chi connectivity index (χ0v) is 8.33. The molecule has 1 rings (SSSR count). The van der Waals surface area contributed by atoms with Crippen LogP contribution in [0, 0.1) is 0 Å². The summed E-state index contributed by atoms with van der Waals surface area (Å²) in [6.07, 6.45) is 0.827. The van der Waals surface area contributed by atoms with Crippen LogP contribution in [0.3, 0.4) is 0 Å². The van der Waals surface area contributed by atoms with Crippen molar-refractivity contribution >= 4 is 14.6 Å². The van der Waals surface area contributed by atoms with Crippen LogP contribution in [-0.2, 0) is 4.79 Å². The summed E-state index contributed by atoms with van der Waals surface area (Å²) >= 11 is 0. The summed E-state index contributed by atoms with van der Waals surface area (Å²) in [5.41, 5.74) is 0. The van der Waals surface area contributed by atoms with E-state index in [4.69, 9.17) is 4.52 Å². The topological polar surface area (TPSA) is 38.3 Å². The van der Waals surface area contributed by atoms with Crippen molar-refractivity contribution in [2.75, 3.05) is 13.2 Å². The molecular formula is C9H12NO2P. The van der Waals surface area contributed by atoms with Gasteiger partial charge >= 0.3 is 0 Å². The molecule has 0 aliphatic rings. The Kier molecular flexibility index (Phi) is 4.44. The molecule has 0 aliphatic carbocycles. The molecule has 0 saturated carbocycles. The number of hydrogen-bond acceptors (Lipinski definition) is 3. The molecule has 0 amide bonds. The second-order valence-corrected chi connectivity index (χ2v) is 3.92. The SMILES string of the molecule is CP(NCC=O)Oc1ccccc1. The van der Waals surface area contributed by atoms with Crippen LogP contribution in [0.25, 0.3) is 0 Å². The first-order chi connectivity index (χ1) is 6.33. The summed E-state index contributed by atoms with van der Waals surface area (Å²) in [4.78, 5) is 10.1. The Balaban J connectivity index is 2.36. The smallest absolute Gasteiger partial charge is 0.158 e. The quantitative estimate of drug-likeness (QED) is 0.577. The molecule has 0 aromatic heterocycles. The average Bonchev–Trinajstić information content (AvgIpc) is 2.16. The highest BCUT2D eigenvalue weighted by Crippen LogP contribution is 2.28. The van der Waals surface area contributed by atoms with E-state index in [9.17, 15) is 4.79 Å². The maximum atomic E-state index is 10.1. The van der Waals surface area contributed by atoms with E-state index < -0.39 is 8.30 Å². The fourth-order valence-corrected chi connectivity index (χ4v) is 1.67. The molecule has 13 heavy (non-hydrogen) atoms. The van der Waals surface area contributed by atoms with E-state index in [1.165, 1.54) is 0 Å². The van der Waals surface area contributed by atoms with Crippen molar-refractivity contribution in [2.45, 2.75) is 0 Å². The van der Waals surface area contributed by atoms with Crippen molar-refractivity contribution in [3.8, 4) is 5.75 Å². The minimum Gasteiger partial charge on any atom is -0.459 e. The lowest BCUT2D eigenvalue weighted by Crippen LogP contribution is -2.11. The summed E-state index contributed by atoms with van der Waals surface area (Å²) in [6.45, 7) is 2.26. The highest BCUT2D eigenvalue weighted by Gasteiger charge is 2.01. The minimum absolute atomic E-state index is 0.342. The van der Waals surface area contributed by atoms with E-state index >= 15 is 0 Å². The number of rotatable bonds is 5. The highest BCUT2D eigenvalue weighted by atomic mass is 31.2. The lowest BCUT2D eigenvalue weighted by molar-refractivity contribution is -0.106. The van der Waals surface area contributed by atoms with Crippen molar-refractivity contribution in [3.63, 3.8) is 0 Å². The van der Waals surface area contributed by atoms with Gasteiger partial charge in [-0.2, -0.15) is 0 Å². The average molecular weight is 197 g/mol. The number of hydrogen-bond donors (Lipinski definition) is 1. The third-order valence-corrected chi connectivity index (χ3v) is 2.50.